The highest BCUT2D eigenvalue weighted by molar-refractivity contribution is 9.10. The standard InChI is InChI=1S/C10H9BrF2N4O/c1-14-4-9-16-17-10(18-9)15-8-3-6(12)5(11)2-7(8)13/h2-3,14H,4H2,1H3,(H,15,17). The van der Waals surface area contributed by atoms with Crippen molar-refractivity contribution in [2.75, 3.05) is 12.4 Å². The van der Waals surface area contributed by atoms with E-state index in [1.54, 1.807) is 7.05 Å². The third kappa shape index (κ3) is 2.82. The van der Waals surface area contributed by atoms with Crippen molar-refractivity contribution in [2.45, 2.75) is 6.54 Å². The molecule has 0 saturated carbocycles. The van der Waals surface area contributed by atoms with E-state index in [0.717, 1.165) is 12.1 Å². The topological polar surface area (TPSA) is 63.0 Å². The number of aromatic nitrogens is 2. The number of nitrogens with zero attached hydrogens (tertiary/aromatic N) is 2. The number of nitrogens with one attached hydrogen (secondary N) is 2. The van der Waals surface area contributed by atoms with Crippen LogP contribution in [-0.2, 0) is 6.54 Å². The van der Waals surface area contributed by atoms with Crippen molar-refractivity contribution in [1.29, 1.82) is 0 Å². The van der Waals surface area contributed by atoms with Crippen molar-refractivity contribution >= 4 is 27.6 Å². The molecule has 0 radical (unpaired) electrons. The van der Waals surface area contributed by atoms with Crippen LogP contribution < -0.4 is 10.6 Å². The predicted molar refractivity (Wildman–Crippen MR) is 64.4 cm³/mol. The Kier molecular flexibility index (Phi) is 3.87. The minimum Gasteiger partial charge on any atom is -0.406 e. The van der Waals surface area contributed by atoms with E-state index in [0.29, 0.717) is 12.4 Å². The van der Waals surface area contributed by atoms with Crippen LogP contribution in [0.4, 0.5) is 20.5 Å². The summed E-state index contributed by atoms with van der Waals surface area (Å²) >= 11 is 2.89. The summed E-state index contributed by atoms with van der Waals surface area (Å²) < 4.78 is 32.0. The first-order valence-electron chi connectivity index (χ1n) is 4.98. The third-order valence-electron chi connectivity index (χ3n) is 2.05. The van der Waals surface area contributed by atoms with Gasteiger partial charge in [0.15, 0.2) is 0 Å². The Morgan fingerprint density at radius 3 is 2.78 bits per heavy atom. The maximum Gasteiger partial charge on any atom is 0.320 e. The molecule has 18 heavy (non-hydrogen) atoms. The number of hydrogen-bond donors (Lipinski definition) is 2. The van der Waals surface area contributed by atoms with E-state index in [2.05, 4.69) is 36.8 Å². The van der Waals surface area contributed by atoms with E-state index in [1.165, 1.54) is 0 Å². The van der Waals surface area contributed by atoms with Crippen molar-refractivity contribution in [3.8, 4) is 0 Å². The number of rotatable bonds is 4. The molecule has 0 unspecified atom stereocenters. The number of benzene rings is 1. The highest BCUT2D eigenvalue weighted by atomic mass is 79.9. The minimum absolute atomic E-state index is 0.000808. The Bertz CT molecular complexity index is 561. The number of anilines is 2. The highest BCUT2D eigenvalue weighted by Gasteiger charge is 2.11. The van der Waals surface area contributed by atoms with Gasteiger partial charge in [-0.3, -0.25) is 0 Å². The van der Waals surface area contributed by atoms with E-state index in [4.69, 9.17) is 4.42 Å². The fraction of sp³-hybridized carbons (Fsp3) is 0.200. The predicted octanol–water partition coefficient (Wildman–Crippen LogP) is 2.57. The normalized spacial score (nSPS) is 10.7. The number of hydrogen-bond acceptors (Lipinski definition) is 5. The second-order valence-electron chi connectivity index (χ2n) is 3.40. The summed E-state index contributed by atoms with van der Waals surface area (Å²) in [6, 6.07) is 2.02. The molecule has 0 fully saturated rings. The first kappa shape index (κ1) is 12.9. The van der Waals surface area contributed by atoms with Crippen LogP contribution in [0.2, 0.25) is 0 Å². The van der Waals surface area contributed by atoms with Crippen molar-refractivity contribution in [3.63, 3.8) is 0 Å². The van der Waals surface area contributed by atoms with Crippen molar-refractivity contribution < 1.29 is 13.2 Å². The summed E-state index contributed by atoms with van der Waals surface area (Å²) in [4.78, 5) is 0. The van der Waals surface area contributed by atoms with E-state index in [-0.39, 0.29) is 16.2 Å². The smallest absolute Gasteiger partial charge is 0.320 e. The summed E-state index contributed by atoms with van der Waals surface area (Å²) in [5.41, 5.74) is -0.0737. The first-order chi connectivity index (χ1) is 8.60. The lowest BCUT2D eigenvalue weighted by Crippen LogP contribution is -2.04. The fourth-order valence-electron chi connectivity index (χ4n) is 1.26. The Balaban J connectivity index is 2.20. The van der Waals surface area contributed by atoms with Gasteiger partial charge in [-0.2, -0.15) is 0 Å². The van der Waals surface area contributed by atoms with Gasteiger partial charge in [0, 0.05) is 6.07 Å². The molecule has 0 aliphatic rings. The van der Waals surface area contributed by atoms with Gasteiger partial charge >= 0.3 is 6.01 Å². The Labute approximate surface area is 110 Å². The lowest BCUT2D eigenvalue weighted by Gasteiger charge is -2.04. The van der Waals surface area contributed by atoms with Gasteiger partial charge in [-0.25, -0.2) is 8.78 Å². The maximum atomic E-state index is 13.5. The SMILES string of the molecule is CNCc1nnc(Nc2cc(F)c(Br)cc2F)o1. The number of halogens is 3. The zero-order valence-electron chi connectivity index (χ0n) is 9.30. The molecule has 0 aliphatic carbocycles. The molecule has 0 amide bonds. The molecule has 96 valence electrons. The lowest BCUT2D eigenvalue weighted by molar-refractivity contribution is 0.492. The van der Waals surface area contributed by atoms with Crippen molar-refractivity contribution in [3.05, 3.63) is 34.1 Å². The maximum absolute atomic E-state index is 13.5. The zero-order valence-corrected chi connectivity index (χ0v) is 10.9. The third-order valence-corrected chi connectivity index (χ3v) is 2.65. The zero-order chi connectivity index (χ0) is 13.1. The van der Waals surface area contributed by atoms with E-state index in [1.807, 2.05) is 0 Å². The lowest BCUT2D eigenvalue weighted by atomic mass is 10.3. The highest BCUT2D eigenvalue weighted by Crippen LogP contribution is 2.25. The van der Waals surface area contributed by atoms with Crippen LogP contribution in [0.25, 0.3) is 0 Å². The average Bonchev–Trinajstić information content (AvgIpc) is 2.74. The quantitative estimate of drug-likeness (QED) is 0.848. The largest absolute Gasteiger partial charge is 0.406 e. The van der Waals surface area contributed by atoms with Gasteiger partial charge in [-0.05, 0) is 29.0 Å². The van der Waals surface area contributed by atoms with Crippen LogP contribution in [-0.4, -0.2) is 17.2 Å². The van der Waals surface area contributed by atoms with Crippen LogP contribution in [0.5, 0.6) is 0 Å². The summed E-state index contributed by atoms with van der Waals surface area (Å²) in [6.45, 7) is 0.395. The average molecular weight is 319 g/mol. The molecule has 5 nitrogen and oxygen atoms in total. The molecule has 0 spiro atoms. The molecule has 1 aromatic heterocycles. The van der Waals surface area contributed by atoms with E-state index >= 15 is 0 Å². The minimum atomic E-state index is -0.628. The van der Waals surface area contributed by atoms with Gasteiger partial charge in [0.2, 0.25) is 5.89 Å². The molecule has 0 aliphatic heterocycles. The molecule has 1 heterocycles. The van der Waals surface area contributed by atoms with Gasteiger partial charge in [0.25, 0.3) is 0 Å². The van der Waals surface area contributed by atoms with Crippen molar-refractivity contribution in [2.24, 2.45) is 0 Å². The van der Waals surface area contributed by atoms with Crippen LogP contribution in [0.3, 0.4) is 0 Å². The monoisotopic (exact) mass is 318 g/mol. The van der Waals surface area contributed by atoms with Crippen LogP contribution in [0.1, 0.15) is 5.89 Å². The molecule has 2 N–H and O–H groups in total. The van der Waals surface area contributed by atoms with Crippen LogP contribution in [0, 0.1) is 11.6 Å². The summed E-state index contributed by atoms with van der Waals surface area (Å²) in [5.74, 6) is -0.872. The molecule has 2 rings (SSSR count). The van der Waals surface area contributed by atoms with E-state index in [9.17, 15) is 8.78 Å². The molecular formula is C10H9BrF2N4O. The second-order valence-corrected chi connectivity index (χ2v) is 4.26. The molecular weight excluding hydrogens is 310 g/mol. The fourth-order valence-corrected chi connectivity index (χ4v) is 1.58. The summed E-state index contributed by atoms with van der Waals surface area (Å²) in [6.07, 6.45) is 0. The Hall–Kier alpha value is -1.54. The van der Waals surface area contributed by atoms with Gasteiger partial charge in [-0.15, -0.1) is 5.10 Å². The summed E-state index contributed by atoms with van der Waals surface area (Å²) in [7, 11) is 1.72. The van der Waals surface area contributed by atoms with Gasteiger partial charge in [-0.1, -0.05) is 5.10 Å². The van der Waals surface area contributed by atoms with Crippen LogP contribution >= 0.6 is 15.9 Å². The Morgan fingerprint density at radius 2 is 2.06 bits per heavy atom. The first-order valence-corrected chi connectivity index (χ1v) is 5.78. The van der Waals surface area contributed by atoms with Gasteiger partial charge in [0.05, 0.1) is 16.7 Å². The van der Waals surface area contributed by atoms with Gasteiger partial charge < -0.3 is 15.1 Å². The molecule has 0 atom stereocenters. The second kappa shape index (κ2) is 5.40. The Morgan fingerprint density at radius 1 is 1.28 bits per heavy atom. The van der Waals surface area contributed by atoms with Crippen LogP contribution in [0.15, 0.2) is 21.0 Å². The molecule has 8 heteroatoms. The van der Waals surface area contributed by atoms with E-state index < -0.39 is 11.6 Å². The van der Waals surface area contributed by atoms with Crippen molar-refractivity contribution in [1.82, 2.24) is 15.5 Å². The molecule has 0 saturated heterocycles. The molecule has 1 aromatic carbocycles. The van der Waals surface area contributed by atoms with Gasteiger partial charge in [0.1, 0.15) is 11.6 Å². The molecule has 2 aromatic rings. The molecule has 0 bridgehead atoms. The summed E-state index contributed by atoms with van der Waals surface area (Å²) in [5, 5.41) is 12.7.